The van der Waals surface area contributed by atoms with Crippen molar-refractivity contribution >= 4 is 44.5 Å². The Morgan fingerprint density at radius 3 is 2.67 bits per heavy atom. The van der Waals surface area contributed by atoms with E-state index in [0.717, 1.165) is 15.6 Å². The van der Waals surface area contributed by atoms with Crippen LogP contribution < -0.4 is 10.0 Å². The summed E-state index contributed by atoms with van der Waals surface area (Å²) in [6.07, 6.45) is 0. The van der Waals surface area contributed by atoms with Crippen LogP contribution in [0, 0.1) is 0 Å². The largest absolute Gasteiger partial charge is 0.409 e. The number of oxime groups is 1. The fourth-order valence-corrected chi connectivity index (χ4v) is 4.47. The average molecular weight is 346 g/mol. The second-order valence-corrected chi connectivity index (χ2v) is 7.98. The third kappa shape index (κ3) is 3.12. The van der Waals surface area contributed by atoms with E-state index in [9.17, 15) is 8.42 Å². The zero-order valence-corrected chi connectivity index (χ0v) is 13.3. The van der Waals surface area contributed by atoms with Crippen molar-refractivity contribution in [2.75, 3.05) is 11.4 Å². The van der Waals surface area contributed by atoms with Crippen LogP contribution in [0.15, 0.2) is 45.8 Å². The normalized spacial score (nSPS) is 12.4. The van der Waals surface area contributed by atoms with Gasteiger partial charge in [-0.25, -0.2) is 8.42 Å². The SMILES string of the molecule is CN(c1cccc(C(N)=NO)c1)S(=O)(=O)c1ccc(Cl)s1. The van der Waals surface area contributed by atoms with Gasteiger partial charge in [-0.2, -0.15) is 0 Å². The van der Waals surface area contributed by atoms with Gasteiger partial charge in [-0.3, -0.25) is 4.31 Å². The maximum atomic E-state index is 12.5. The van der Waals surface area contributed by atoms with E-state index in [4.69, 9.17) is 22.5 Å². The number of sulfonamides is 1. The molecule has 0 saturated heterocycles. The van der Waals surface area contributed by atoms with Gasteiger partial charge in [0.1, 0.15) is 4.21 Å². The van der Waals surface area contributed by atoms with Gasteiger partial charge in [-0.05, 0) is 24.3 Å². The molecular formula is C12H12ClN3O3S2. The highest BCUT2D eigenvalue weighted by atomic mass is 35.5. The topological polar surface area (TPSA) is 96.0 Å². The number of benzene rings is 1. The fraction of sp³-hybridized carbons (Fsp3) is 0.0833. The highest BCUT2D eigenvalue weighted by Crippen LogP contribution is 2.30. The lowest BCUT2D eigenvalue weighted by Crippen LogP contribution is -2.26. The highest BCUT2D eigenvalue weighted by Gasteiger charge is 2.23. The maximum absolute atomic E-state index is 12.5. The predicted octanol–water partition coefficient (Wildman–Crippen LogP) is 2.32. The van der Waals surface area contributed by atoms with Crippen LogP contribution in [0.3, 0.4) is 0 Å². The van der Waals surface area contributed by atoms with Gasteiger partial charge >= 0.3 is 0 Å². The number of halogens is 1. The molecule has 3 N–H and O–H groups in total. The molecular weight excluding hydrogens is 334 g/mol. The Labute approximate surface area is 131 Å². The van der Waals surface area contributed by atoms with Crippen LogP contribution in [0.5, 0.6) is 0 Å². The summed E-state index contributed by atoms with van der Waals surface area (Å²) in [6, 6.07) is 9.34. The number of anilines is 1. The lowest BCUT2D eigenvalue weighted by molar-refractivity contribution is 0.318. The van der Waals surface area contributed by atoms with E-state index in [-0.39, 0.29) is 10.0 Å². The zero-order chi connectivity index (χ0) is 15.6. The first-order valence-corrected chi connectivity index (χ1v) is 8.32. The molecule has 112 valence electrons. The summed E-state index contributed by atoms with van der Waals surface area (Å²) in [4.78, 5) is 0. The number of amidine groups is 1. The van der Waals surface area contributed by atoms with Crippen LogP contribution in [0.4, 0.5) is 5.69 Å². The number of nitrogens with zero attached hydrogens (tertiary/aromatic N) is 2. The molecule has 0 bridgehead atoms. The van der Waals surface area contributed by atoms with Crippen molar-refractivity contribution in [2.24, 2.45) is 10.9 Å². The van der Waals surface area contributed by atoms with Crippen LogP contribution in [-0.2, 0) is 10.0 Å². The standard InChI is InChI=1S/C12H12ClN3O3S2/c1-16(21(18,19)11-6-5-10(13)20-11)9-4-2-3-8(7-9)12(14)15-17/h2-7,17H,1H3,(H2,14,15). The number of hydrogen-bond donors (Lipinski definition) is 2. The molecule has 1 aromatic carbocycles. The Kier molecular flexibility index (Phi) is 4.40. The third-order valence-electron chi connectivity index (χ3n) is 2.78. The molecule has 1 aromatic heterocycles. The van der Waals surface area contributed by atoms with Crippen molar-refractivity contribution in [1.29, 1.82) is 0 Å². The van der Waals surface area contributed by atoms with Crippen LogP contribution in [0.25, 0.3) is 0 Å². The number of nitrogens with two attached hydrogens (primary N) is 1. The number of hydrogen-bond acceptors (Lipinski definition) is 5. The van der Waals surface area contributed by atoms with Gasteiger partial charge in [0.2, 0.25) is 0 Å². The molecule has 21 heavy (non-hydrogen) atoms. The molecule has 9 heteroatoms. The van der Waals surface area contributed by atoms with Gasteiger partial charge in [-0.1, -0.05) is 28.9 Å². The van der Waals surface area contributed by atoms with Crippen LogP contribution in [0.1, 0.15) is 5.56 Å². The minimum atomic E-state index is -3.70. The molecule has 0 aliphatic heterocycles. The molecule has 6 nitrogen and oxygen atoms in total. The van der Waals surface area contributed by atoms with Gasteiger partial charge in [0.15, 0.2) is 5.84 Å². The minimum absolute atomic E-state index is 0.0955. The third-order valence-corrected chi connectivity index (χ3v) is 6.26. The Balaban J connectivity index is 2.42. The first kappa shape index (κ1) is 15.6. The van der Waals surface area contributed by atoms with Crippen LogP contribution >= 0.6 is 22.9 Å². The zero-order valence-electron chi connectivity index (χ0n) is 10.9. The van der Waals surface area contributed by atoms with E-state index in [1.54, 1.807) is 18.2 Å². The monoisotopic (exact) mass is 345 g/mol. The van der Waals surface area contributed by atoms with Gasteiger partial charge in [0.25, 0.3) is 10.0 Å². The van der Waals surface area contributed by atoms with E-state index in [0.29, 0.717) is 15.6 Å². The van der Waals surface area contributed by atoms with Crippen LogP contribution in [0.2, 0.25) is 4.34 Å². The van der Waals surface area contributed by atoms with E-state index < -0.39 is 10.0 Å². The molecule has 0 atom stereocenters. The Bertz CT molecular complexity index is 787. The van der Waals surface area contributed by atoms with Crippen molar-refractivity contribution in [1.82, 2.24) is 0 Å². The Hall–Kier alpha value is -1.77. The average Bonchev–Trinajstić information content (AvgIpc) is 2.93. The van der Waals surface area contributed by atoms with Crippen LogP contribution in [-0.4, -0.2) is 26.5 Å². The van der Waals surface area contributed by atoms with Crippen molar-refractivity contribution in [3.63, 3.8) is 0 Å². The van der Waals surface area contributed by atoms with Crippen molar-refractivity contribution in [3.8, 4) is 0 Å². The summed E-state index contributed by atoms with van der Waals surface area (Å²) >= 11 is 6.76. The molecule has 1 heterocycles. The van der Waals surface area contributed by atoms with Crippen molar-refractivity contribution in [3.05, 3.63) is 46.3 Å². The molecule has 0 unspecified atom stereocenters. The highest BCUT2D eigenvalue weighted by molar-refractivity contribution is 7.94. The summed E-state index contributed by atoms with van der Waals surface area (Å²) < 4.78 is 26.6. The van der Waals surface area contributed by atoms with Gasteiger partial charge in [0, 0.05) is 12.6 Å². The van der Waals surface area contributed by atoms with E-state index in [1.165, 1.54) is 25.2 Å². The van der Waals surface area contributed by atoms with Gasteiger partial charge in [0.05, 0.1) is 10.0 Å². The summed E-state index contributed by atoms with van der Waals surface area (Å²) in [5.74, 6) is -0.0955. The molecule has 0 amide bonds. The molecule has 0 spiro atoms. The molecule has 2 aromatic rings. The smallest absolute Gasteiger partial charge is 0.273 e. The van der Waals surface area contributed by atoms with E-state index in [2.05, 4.69) is 5.16 Å². The summed E-state index contributed by atoms with van der Waals surface area (Å²) in [6.45, 7) is 0. The van der Waals surface area contributed by atoms with Crippen molar-refractivity contribution in [2.45, 2.75) is 4.21 Å². The van der Waals surface area contributed by atoms with E-state index in [1.807, 2.05) is 0 Å². The molecule has 2 rings (SSSR count). The summed E-state index contributed by atoms with van der Waals surface area (Å²) in [7, 11) is -2.27. The lowest BCUT2D eigenvalue weighted by Gasteiger charge is -2.19. The van der Waals surface area contributed by atoms with Gasteiger partial charge < -0.3 is 10.9 Å². The summed E-state index contributed by atoms with van der Waals surface area (Å²) in [5, 5.41) is 11.6. The molecule has 0 aliphatic rings. The first-order valence-electron chi connectivity index (χ1n) is 5.68. The Morgan fingerprint density at radius 1 is 1.38 bits per heavy atom. The second kappa shape index (κ2) is 5.92. The summed E-state index contributed by atoms with van der Waals surface area (Å²) in [5.41, 5.74) is 6.31. The van der Waals surface area contributed by atoms with E-state index >= 15 is 0 Å². The number of thiophene rings is 1. The quantitative estimate of drug-likeness (QED) is 0.384. The predicted molar refractivity (Wildman–Crippen MR) is 83.9 cm³/mol. The molecule has 0 saturated carbocycles. The molecule has 0 radical (unpaired) electrons. The second-order valence-electron chi connectivity index (χ2n) is 4.07. The van der Waals surface area contributed by atoms with Gasteiger partial charge in [-0.15, -0.1) is 11.3 Å². The maximum Gasteiger partial charge on any atom is 0.273 e. The molecule has 0 aliphatic carbocycles. The molecule has 0 fully saturated rings. The van der Waals surface area contributed by atoms with Crippen molar-refractivity contribution < 1.29 is 13.6 Å². The Morgan fingerprint density at radius 2 is 2.10 bits per heavy atom. The lowest BCUT2D eigenvalue weighted by atomic mass is 10.2. The minimum Gasteiger partial charge on any atom is -0.409 e. The first-order chi connectivity index (χ1) is 9.86. The fourth-order valence-electron chi connectivity index (χ4n) is 1.63. The number of rotatable bonds is 4.